The first kappa shape index (κ1) is 17.6. The second-order valence-electron chi connectivity index (χ2n) is 4.85. The zero-order chi connectivity index (χ0) is 18.2. The van der Waals surface area contributed by atoms with Crippen LogP contribution in [0.5, 0.6) is 0 Å². The van der Waals surface area contributed by atoms with E-state index in [1.165, 1.54) is 24.3 Å². The number of hydrogen-bond donors (Lipinski definition) is 3. The topological polar surface area (TPSA) is 130 Å². The van der Waals surface area contributed by atoms with E-state index in [-0.39, 0.29) is 17.8 Å². The molecule has 0 unspecified atom stereocenters. The van der Waals surface area contributed by atoms with Crippen LogP contribution in [0.1, 0.15) is 20.7 Å². The van der Waals surface area contributed by atoms with E-state index in [0.717, 1.165) is 0 Å². The average Bonchev–Trinajstić information content (AvgIpc) is 2.64. The van der Waals surface area contributed by atoms with Gasteiger partial charge < -0.3 is 5.32 Å². The Labute approximate surface area is 142 Å². The largest absolute Gasteiger partial charge is 0.343 e. The molecule has 3 N–H and O–H groups in total. The summed E-state index contributed by atoms with van der Waals surface area (Å²) in [6.45, 7) is -0.325. The number of nitro groups is 1. The van der Waals surface area contributed by atoms with Crippen LogP contribution < -0.4 is 16.2 Å². The van der Waals surface area contributed by atoms with Crippen LogP contribution in [0.2, 0.25) is 0 Å². The molecule has 0 atom stereocenters. The van der Waals surface area contributed by atoms with E-state index < -0.39 is 22.6 Å². The summed E-state index contributed by atoms with van der Waals surface area (Å²) in [4.78, 5) is 45.2. The Morgan fingerprint density at radius 2 is 1.44 bits per heavy atom. The molecule has 0 radical (unpaired) electrons. The van der Waals surface area contributed by atoms with Gasteiger partial charge in [0.2, 0.25) is 0 Å². The van der Waals surface area contributed by atoms with Crippen LogP contribution in [0.15, 0.2) is 54.6 Å². The predicted molar refractivity (Wildman–Crippen MR) is 87.5 cm³/mol. The molecule has 3 amide bonds. The van der Waals surface area contributed by atoms with E-state index >= 15 is 0 Å². The van der Waals surface area contributed by atoms with Crippen molar-refractivity contribution in [3.63, 3.8) is 0 Å². The summed E-state index contributed by atoms with van der Waals surface area (Å²) >= 11 is 0. The van der Waals surface area contributed by atoms with Crippen LogP contribution in [0.4, 0.5) is 5.69 Å². The zero-order valence-electron chi connectivity index (χ0n) is 12.9. The van der Waals surface area contributed by atoms with Crippen LogP contribution >= 0.6 is 0 Å². The lowest BCUT2D eigenvalue weighted by atomic mass is 10.2. The van der Waals surface area contributed by atoms with Crippen LogP contribution in [0.3, 0.4) is 0 Å². The van der Waals surface area contributed by atoms with E-state index in [2.05, 4.69) is 16.2 Å². The summed E-state index contributed by atoms with van der Waals surface area (Å²) in [5.74, 6) is -1.69. The molecule has 128 valence electrons. The minimum atomic E-state index is -0.641. The first-order valence-corrected chi connectivity index (χ1v) is 7.14. The maximum Gasteiger partial charge on any atom is 0.269 e. The maximum atomic E-state index is 11.8. The van der Waals surface area contributed by atoms with E-state index in [4.69, 9.17) is 0 Å². The molecule has 0 aliphatic rings. The minimum Gasteiger partial charge on any atom is -0.343 e. The SMILES string of the molecule is O=C(CNC(=O)c1ccccc1)NNC(=O)c1ccc([N+](=O)[O-])cc1. The lowest BCUT2D eigenvalue weighted by molar-refractivity contribution is -0.384. The van der Waals surface area contributed by atoms with E-state index in [0.29, 0.717) is 5.56 Å². The van der Waals surface area contributed by atoms with E-state index in [9.17, 15) is 24.5 Å². The Morgan fingerprint density at radius 1 is 0.840 bits per heavy atom. The maximum absolute atomic E-state index is 11.8. The molecule has 9 heteroatoms. The number of nitro benzene ring substituents is 1. The third-order valence-electron chi connectivity index (χ3n) is 3.10. The quantitative estimate of drug-likeness (QED) is 0.546. The molecule has 0 aliphatic heterocycles. The molecule has 25 heavy (non-hydrogen) atoms. The summed E-state index contributed by atoms with van der Waals surface area (Å²) in [6.07, 6.45) is 0. The molecule has 2 aromatic rings. The summed E-state index contributed by atoms with van der Waals surface area (Å²) in [5.41, 5.74) is 4.69. The summed E-state index contributed by atoms with van der Waals surface area (Å²) in [7, 11) is 0. The number of amides is 3. The fourth-order valence-corrected chi connectivity index (χ4v) is 1.83. The molecule has 2 aromatic carbocycles. The van der Waals surface area contributed by atoms with Crippen molar-refractivity contribution in [3.8, 4) is 0 Å². The van der Waals surface area contributed by atoms with Crippen LogP contribution in [-0.2, 0) is 4.79 Å². The molecule has 9 nitrogen and oxygen atoms in total. The van der Waals surface area contributed by atoms with Crippen LogP contribution in [-0.4, -0.2) is 29.2 Å². The number of carbonyl (C=O) groups is 3. The normalized spacial score (nSPS) is 9.76. The van der Waals surface area contributed by atoms with Crippen molar-refractivity contribution in [3.05, 3.63) is 75.8 Å². The van der Waals surface area contributed by atoms with Crippen molar-refractivity contribution in [1.82, 2.24) is 16.2 Å². The second-order valence-corrected chi connectivity index (χ2v) is 4.85. The van der Waals surface area contributed by atoms with Crippen molar-refractivity contribution in [2.24, 2.45) is 0 Å². The van der Waals surface area contributed by atoms with Crippen LogP contribution in [0, 0.1) is 10.1 Å². The monoisotopic (exact) mass is 342 g/mol. The Morgan fingerprint density at radius 3 is 2.04 bits per heavy atom. The van der Waals surface area contributed by atoms with Crippen molar-refractivity contribution < 1.29 is 19.3 Å². The van der Waals surface area contributed by atoms with Crippen molar-refractivity contribution in [2.75, 3.05) is 6.54 Å². The number of hydrogen-bond acceptors (Lipinski definition) is 5. The molecule has 0 spiro atoms. The molecule has 0 aliphatic carbocycles. The second kappa shape index (κ2) is 8.20. The lowest BCUT2D eigenvalue weighted by Gasteiger charge is -2.08. The van der Waals surface area contributed by atoms with Crippen LogP contribution in [0.25, 0.3) is 0 Å². The third-order valence-corrected chi connectivity index (χ3v) is 3.10. The third kappa shape index (κ3) is 5.13. The molecule has 0 bridgehead atoms. The number of benzene rings is 2. The average molecular weight is 342 g/mol. The number of nitrogens with zero attached hydrogens (tertiary/aromatic N) is 1. The summed E-state index contributed by atoms with van der Waals surface area (Å²) < 4.78 is 0. The van der Waals surface area contributed by atoms with Gasteiger partial charge in [0.15, 0.2) is 0 Å². The number of carbonyl (C=O) groups excluding carboxylic acids is 3. The molecular formula is C16H14N4O5. The Hall–Kier alpha value is -3.75. The van der Waals surface area contributed by atoms with Gasteiger partial charge in [-0.25, -0.2) is 0 Å². The minimum absolute atomic E-state index is 0.138. The molecule has 0 aromatic heterocycles. The lowest BCUT2D eigenvalue weighted by Crippen LogP contribution is -2.46. The molecule has 0 saturated heterocycles. The van der Waals surface area contributed by atoms with Gasteiger partial charge in [-0.15, -0.1) is 0 Å². The van der Waals surface area contributed by atoms with Crippen molar-refractivity contribution >= 4 is 23.4 Å². The van der Waals surface area contributed by atoms with Gasteiger partial charge in [0, 0.05) is 23.3 Å². The van der Waals surface area contributed by atoms with Gasteiger partial charge in [-0.3, -0.25) is 35.3 Å². The van der Waals surface area contributed by atoms with Gasteiger partial charge in [-0.1, -0.05) is 18.2 Å². The fraction of sp³-hybridized carbons (Fsp3) is 0.0625. The highest BCUT2D eigenvalue weighted by atomic mass is 16.6. The first-order valence-electron chi connectivity index (χ1n) is 7.14. The highest BCUT2D eigenvalue weighted by Crippen LogP contribution is 2.11. The molecular weight excluding hydrogens is 328 g/mol. The number of rotatable bonds is 5. The Bertz CT molecular complexity index is 790. The van der Waals surface area contributed by atoms with Gasteiger partial charge in [-0.2, -0.15) is 0 Å². The highest BCUT2D eigenvalue weighted by molar-refractivity contribution is 5.98. The van der Waals surface area contributed by atoms with E-state index in [1.54, 1.807) is 30.3 Å². The van der Waals surface area contributed by atoms with Gasteiger partial charge in [0.1, 0.15) is 0 Å². The van der Waals surface area contributed by atoms with Crippen molar-refractivity contribution in [1.29, 1.82) is 0 Å². The van der Waals surface area contributed by atoms with Crippen molar-refractivity contribution in [2.45, 2.75) is 0 Å². The van der Waals surface area contributed by atoms with E-state index in [1.807, 2.05) is 0 Å². The summed E-state index contributed by atoms with van der Waals surface area (Å²) in [6, 6.07) is 13.2. The molecule has 2 rings (SSSR count). The number of non-ortho nitro benzene ring substituents is 1. The molecule has 0 fully saturated rings. The first-order chi connectivity index (χ1) is 12.0. The standard InChI is InChI=1S/C16H14N4O5/c21-14(10-17-15(22)11-4-2-1-3-5-11)18-19-16(23)12-6-8-13(9-7-12)20(24)25/h1-9H,10H2,(H,17,22)(H,18,21)(H,19,23). The number of hydrazine groups is 1. The Kier molecular flexibility index (Phi) is 5.77. The summed E-state index contributed by atoms with van der Waals surface area (Å²) in [5, 5.41) is 12.9. The fourth-order valence-electron chi connectivity index (χ4n) is 1.83. The highest BCUT2D eigenvalue weighted by Gasteiger charge is 2.11. The van der Waals surface area contributed by atoms with Gasteiger partial charge in [-0.05, 0) is 24.3 Å². The number of nitrogens with one attached hydrogen (secondary N) is 3. The van der Waals surface area contributed by atoms with Gasteiger partial charge >= 0.3 is 0 Å². The molecule has 0 heterocycles. The van der Waals surface area contributed by atoms with Gasteiger partial charge in [0.25, 0.3) is 23.4 Å². The molecule has 0 saturated carbocycles. The van der Waals surface area contributed by atoms with Gasteiger partial charge in [0.05, 0.1) is 11.5 Å². The zero-order valence-corrected chi connectivity index (χ0v) is 12.9. The Balaban J connectivity index is 1.78. The smallest absolute Gasteiger partial charge is 0.269 e. The predicted octanol–water partition coefficient (Wildman–Crippen LogP) is 0.786.